The van der Waals surface area contributed by atoms with Crippen LogP contribution in [-0.4, -0.2) is 30.7 Å². The van der Waals surface area contributed by atoms with Crippen LogP contribution in [0.5, 0.6) is 0 Å². The molecule has 0 radical (unpaired) electrons. The molecule has 186 valence electrons. The smallest absolute Gasteiger partial charge is 0.296 e. The van der Waals surface area contributed by atoms with Crippen molar-refractivity contribution < 1.29 is 35.1 Å². The third kappa shape index (κ3) is 3.65. The summed E-state index contributed by atoms with van der Waals surface area (Å²) in [5.41, 5.74) is -2.75. The summed E-state index contributed by atoms with van der Waals surface area (Å²) in [5, 5.41) is 6.32. The molecule has 0 saturated carbocycles. The summed E-state index contributed by atoms with van der Waals surface area (Å²) in [5.74, 6) is -9.51. The van der Waals surface area contributed by atoms with Gasteiger partial charge >= 0.3 is 12.1 Å². The maximum atomic E-state index is 15.3. The van der Waals surface area contributed by atoms with E-state index in [2.05, 4.69) is 20.2 Å². The summed E-state index contributed by atoms with van der Waals surface area (Å²) < 4.78 is 112. The van der Waals surface area contributed by atoms with Crippen molar-refractivity contribution in [2.45, 2.75) is 24.9 Å². The van der Waals surface area contributed by atoms with Gasteiger partial charge in [-0.25, -0.2) is 9.37 Å². The summed E-state index contributed by atoms with van der Waals surface area (Å²) in [6.07, 6.45) is -2.49. The third-order valence-electron chi connectivity index (χ3n) is 5.62. The van der Waals surface area contributed by atoms with Crippen LogP contribution in [0.3, 0.4) is 0 Å². The van der Waals surface area contributed by atoms with E-state index in [1.807, 2.05) is 0 Å². The van der Waals surface area contributed by atoms with E-state index in [9.17, 15) is 30.7 Å². The number of aromatic amines is 1. The number of H-pyrrole nitrogens is 1. The Hall–Kier alpha value is -4.03. The number of hydrogen-bond donors (Lipinski definition) is 1. The SMILES string of the molecule is CC(F)(F)c1nc2cnc(-c3cccc(C(F)(F)C(F)(F)F)c3)cn2c1-c1ccc2[nH]ncc2c1F. The summed E-state index contributed by atoms with van der Waals surface area (Å²) >= 11 is 0. The molecule has 0 saturated heterocycles. The van der Waals surface area contributed by atoms with E-state index in [1.54, 1.807) is 0 Å². The summed E-state index contributed by atoms with van der Waals surface area (Å²) in [4.78, 5) is 7.88. The second kappa shape index (κ2) is 7.73. The summed E-state index contributed by atoms with van der Waals surface area (Å²) in [6, 6.07) is 6.12. The first kappa shape index (κ1) is 23.7. The molecule has 5 aromatic rings. The minimum atomic E-state index is -5.83. The van der Waals surface area contributed by atoms with Gasteiger partial charge in [0, 0.05) is 29.8 Å². The highest BCUT2D eigenvalue weighted by atomic mass is 19.4. The van der Waals surface area contributed by atoms with E-state index in [1.165, 1.54) is 24.4 Å². The maximum Gasteiger partial charge on any atom is 0.458 e. The fourth-order valence-electron chi connectivity index (χ4n) is 3.87. The molecule has 0 amide bonds. The summed E-state index contributed by atoms with van der Waals surface area (Å²) in [7, 11) is 0. The molecule has 0 unspecified atom stereocenters. The molecule has 0 aliphatic heterocycles. The van der Waals surface area contributed by atoms with E-state index in [4.69, 9.17) is 0 Å². The molecule has 0 aliphatic carbocycles. The van der Waals surface area contributed by atoms with Gasteiger partial charge in [0.25, 0.3) is 5.92 Å². The molecule has 36 heavy (non-hydrogen) atoms. The largest absolute Gasteiger partial charge is 0.458 e. The molecule has 5 nitrogen and oxygen atoms in total. The third-order valence-corrected chi connectivity index (χ3v) is 5.62. The fraction of sp³-hybridized carbons (Fsp3) is 0.174. The highest BCUT2D eigenvalue weighted by molar-refractivity contribution is 5.85. The number of nitrogens with one attached hydrogen (secondary N) is 1. The van der Waals surface area contributed by atoms with Crippen molar-refractivity contribution in [1.29, 1.82) is 0 Å². The van der Waals surface area contributed by atoms with Gasteiger partial charge in [-0.15, -0.1) is 0 Å². The highest BCUT2D eigenvalue weighted by Crippen LogP contribution is 2.44. The molecule has 2 aromatic carbocycles. The van der Waals surface area contributed by atoms with E-state index in [0.717, 1.165) is 22.9 Å². The molecule has 5 rings (SSSR count). The number of alkyl halides is 7. The Labute approximate surface area is 196 Å². The van der Waals surface area contributed by atoms with Gasteiger partial charge < -0.3 is 0 Å². The van der Waals surface area contributed by atoms with E-state index < -0.39 is 35.1 Å². The zero-order chi connectivity index (χ0) is 26.0. The number of rotatable bonds is 4. The number of halogens is 8. The molecule has 0 atom stereocenters. The van der Waals surface area contributed by atoms with Gasteiger partial charge in [0.1, 0.15) is 11.5 Å². The Morgan fingerprint density at radius 2 is 1.69 bits per heavy atom. The second-order valence-corrected chi connectivity index (χ2v) is 8.11. The van der Waals surface area contributed by atoms with Crippen molar-refractivity contribution in [2.24, 2.45) is 0 Å². The Kier molecular flexibility index (Phi) is 5.09. The highest BCUT2D eigenvalue weighted by Gasteiger charge is 2.58. The van der Waals surface area contributed by atoms with Crippen molar-refractivity contribution in [3.05, 3.63) is 72.1 Å². The second-order valence-electron chi connectivity index (χ2n) is 8.11. The van der Waals surface area contributed by atoms with Crippen LogP contribution in [0, 0.1) is 5.82 Å². The topological polar surface area (TPSA) is 58.9 Å². The molecule has 0 bridgehead atoms. The lowest BCUT2D eigenvalue weighted by atomic mass is 10.0. The van der Waals surface area contributed by atoms with E-state index >= 15 is 4.39 Å². The number of aromatic nitrogens is 5. The zero-order valence-electron chi connectivity index (χ0n) is 18.0. The van der Waals surface area contributed by atoms with Gasteiger partial charge in [-0.3, -0.25) is 14.5 Å². The molecule has 0 spiro atoms. The van der Waals surface area contributed by atoms with Gasteiger partial charge in [0.15, 0.2) is 5.65 Å². The Morgan fingerprint density at radius 3 is 2.39 bits per heavy atom. The predicted octanol–water partition coefficient (Wildman–Crippen LogP) is 6.84. The minimum Gasteiger partial charge on any atom is -0.296 e. The van der Waals surface area contributed by atoms with Crippen molar-refractivity contribution in [1.82, 2.24) is 24.6 Å². The van der Waals surface area contributed by atoms with Gasteiger partial charge in [-0.1, -0.05) is 18.2 Å². The standard InChI is InChI=1S/C23H13F8N5/c1-21(25,26)20-19(13-5-6-15-14(18(13)24)8-33-35-15)36-10-16(32-9-17(36)34-20)11-3-2-4-12(7-11)22(27,28)23(29,30)31/h2-10H,1H3,(H,33,35). The molecule has 0 fully saturated rings. The van der Waals surface area contributed by atoms with Crippen LogP contribution in [0.4, 0.5) is 35.1 Å². The van der Waals surface area contributed by atoms with Crippen LogP contribution in [0.2, 0.25) is 0 Å². The van der Waals surface area contributed by atoms with Gasteiger partial charge in [0.2, 0.25) is 0 Å². The average molecular weight is 511 g/mol. The quantitative estimate of drug-likeness (QED) is 0.269. The van der Waals surface area contributed by atoms with Crippen molar-refractivity contribution in [3.63, 3.8) is 0 Å². The van der Waals surface area contributed by atoms with Crippen molar-refractivity contribution in [3.8, 4) is 22.5 Å². The van der Waals surface area contributed by atoms with Crippen LogP contribution in [0.15, 0.2) is 55.0 Å². The monoisotopic (exact) mass is 511 g/mol. The lowest BCUT2D eigenvalue weighted by Crippen LogP contribution is -2.33. The molecule has 3 aromatic heterocycles. The number of hydrogen-bond acceptors (Lipinski definition) is 3. The predicted molar refractivity (Wildman–Crippen MR) is 113 cm³/mol. The minimum absolute atomic E-state index is 0.0317. The zero-order valence-corrected chi connectivity index (χ0v) is 18.0. The van der Waals surface area contributed by atoms with Gasteiger partial charge in [0.05, 0.1) is 34.7 Å². The van der Waals surface area contributed by atoms with Gasteiger partial charge in [-0.05, 0) is 18.2 Å². The average Bonchev–Trinajstić information content (AvgIpc) is 3.43. The Bertz CT molecular complexity index is 1610. The lowest BCUT2D eigenvalue weighted by molar-refractivity contribution is -0.289. The molecule has 3 heterocycles. The first-order chi connectivity index (χ1) is 16.8. The molecular weight excluding hydrogens is 498 g/mol. The molecule has 13 heteroatoms. The Balaban J connectivity index is 1.74. The van der Waals surface area contributed by atoms with Crippen molar-refractivity contribution in [2.75, 3.05) is 0 Å². The van der Waals surface area contributed by atoms with Crippen LogP contribution >= 0.6 is 0 Å². The maximum absolute atomic E-state index is 15.3. The lowest BCUT2D eigenvalue weighted by Gasteiger charge is -2.20. The van der Waals surface area contributed by atoms with E-state index in [-0.39, 0.29) is 33.5 Å². The fourth-order valence-corrected chi connectivity index (χ4v) is 3.87. The summed E-state index contributed by atoms with van der Waals surface area (Å²) in [6.45, 7) is 0.573. The number of benzene rings is 2. The van der Waals surface area contributed by atoms with Crippen molar-refractivity contribution >= 4 is 16.6 Å². The first-order valence-corrected chi connectivity index (χ1v) is 10.2. The molecule has 0 aliphatic rings. The van der Waals surface area contributed by atoms with Crippen LogP contribution in [0.25, 0.3) is 39.1 Å². The van der Waals surface area contributed by atoms with E-state index in [0.29, 0.717) is 24.6 Å². The first-order valence-electron chi connectivity index (χ1n) is 10.2. The van der Waals surface area contributed by atoms with Crippen LogP contribution in [-0.2, 0) is 11.8 Å². The van der Waals surface area contributed by atoms with Crippen LogP contribution < -0.4 is 0 Å². The normalized spacial score (nSPS) is 13.1. The van der Waals surface area contributed by atoms with Crippen LogP contribution in [0.1, 0.15) is 18.2 Å². The number of fused-ring (bicyclic) bond motifs is 2. The number of nitrogens with zero attached hydrogens (tertiary/aromatic N) is 4. The van der Waals surface area contributed by atoms with Gasteiger partial charge in [-0.2, -0.15) is 35.8 Å². The molecule has 1 N–H and O–H groups in total. The molecular formula is C23H13F8N5. The Morgan fingerprint density at radius 1 is 0.944 bits per heavy atom. The number of imidazole rings is 1.